The second-order valence-electron chi connectivity index (χ2n) is 6.70. The number of rotatable bonds is 5. The minimum absolute atomic E-state index is 0.101. The molecule has 140 valence electrons. The second kappa shape index (κ2) is 7.36. The summed E-state index contributed by atoms with van der Waals surface area (Å²) in [7, 11) is 0. The molecule has 2 heterocycles. The Morgan fingerprint density at radius 3 is 2.96 bits per heavy atom. The molecule has 0 amide bonds. The van der Waals surface area contributed by atoms with Crippen LogP contribution in [0.3, 0.4) is 0 Å². The average Bonchev–Trinajstić information content (AvgIpc) is 3.28. The molecule has 3 aromatic rings. The van der Waals surface area contributed by atoms with Gasteiger partial charge in [0, 0.05) is 10.4 Å². The zero-order chi connectivity index (χ0) is 19.0. The van der Waals surface area contributed by atoms with Crippen molar-refractivity contribution >= 4 is 28.9 Å². The van der Waals surface area contributed by atoms with Crippen LogP contribution in [0.1, 0.15) is 34.1 Å². The van der Waals surface area contributed by atoms with Crippen molar-refractivity contribution in [2.45, 2.75) is 31.4 Å². The van der Waals surface area contributed by atoms with Crippen LogP contribution in [-0.2, 0) is 12.8 Å². The number of aryl methyl sites for hydroxylation is 1. The first kappa shape index (κ1) is 18.1. The van der Waals surface area contributed by atoms with Gasteiger partial charge in [-0.2, -0.15) is 0 Å². The number of thioether (sulfide) groups is 1. The third-order valence-electron chi connectivity index (χ3n) is 4.57. The highest BCUT2D eigenvalue weighted by Crippen LogP contribution is 2.37. The first-order valence-electron chi connectivity index (χ1n) is 8.63. The van der Waals surface area contributed by atoms with Crippen LogP contribution in [0.25, 0.3) is 10.8 Å². The Bertz CT molecular complexity index is 996. The van der Waals surface area contributed by atoms with Crippen molar-refractivity contribution in [3.05, 3.63) is 40.3 Å². The van der Waals surface area contributed by atoms with Crippen LogP contribution >= 0.6 is 23.1 Å². The van der Waals surface area contributed by atoms with Crippen LogP contribution in [0.4, 0.5) is 0 Å². The zero-order valence-corrected chi connectivity index (χ0v) is 16.3. The Hall–Kier alpha value is -2.32. The molecule has 6 nitrogen and oxygen atoms in total. The van der Waals surface area contributed by atoms with Crippen molar-refractivity contribution in [2.75, 3.05) is 5.75 Å². The number of benzene rings is 1. The number of fused-ring (bicyclic) bond motifs is 1. The molecule has 4 rings (SSSR count). The number of hydrogen-bond acceptors (Lipinski definition) is 8. The largest absolute Gasteiger partial charge is 0.504 e. The minimum Gasteiger partial charge on any atom is -0.504 e. The first-order valence-corrected chi connectivity index (χ1v) is 10.4. The minimum atomic E-state index is -0.318. The number of ketones is 1. The van der Waals surface area contributed by atoms with E-state index in [1.54, 1.807) is 11.3 Å². The molecule has 0 spiro atoms. The van der Waals surface area contributed by atoms with Gasteiger partial charge in [-0.15, -0.1) is 21.5 Å². The number of aromatic nitrogens is 2. The molecule has 1 aliphatic carbocycles. The van der Waals surface area contributed by atoms with Gasteiger partial charge in [0.05, 0.1) is 10.6 Å². The van der Waals surface area contributed by atoms with Gasteiger partial charge in [-0.25, -0.2) is 0 Å². The number of Topliss-reactive ketones (excluding diaryl/α,β-unsaturated/α-hetero) is 1. The van der Waals surface area contributed by atoms with Gasteiger partial charge in [0.1, 0.15) is 0 Å². The van der Waals surface area contributed by atoms with Crippen LogP contribution in [0.2, 0.25) is 0 Å². The Kier molecular flexibility index (Phi) is 4.92. The highest BCUT2D eigenvalue weighted by Gasteiger charge is 2.21. The fourth-order valence-electron chi connectivity index (χ4n) is 3.09. The van der Waals surface area contributed by atoms with Crippen molar-refractivity contribution < 1.29 is 19.4 Å². The van der Waals surface area contributed by atoms with Crippen LogP contribution in [0.5, 0.6) is 11.5 Å². The predicted octanol–water partition coefficient (Wildman–Crippen LogP) is 4.31. The fraction of sp³-hybridized carbons (Fsp3) is 0.316. The lowest BCUT2D eigenvalue weighted by Gasteiger charge is -2.16. The molecule has 2 N–H and O–H groups in total. The number of carbonyl (C=O) groups is 1. The van der Waals surface area contributed by atoms with Gasteiger partial charge in [0.15, 0.2) is 17.3 Å². The summed E-state index contributed by atoms with van der Waals surface area (Å²) in [5.74, 6) is 0.523. The molecule has 1 atom stereocenters. The number of nitrogens with zero attached hydrogens (tertiary/aromatic N) is 2. The summed E-state index contributed by atoms with van der Waals surface area (Å²) in [5.41, 5.74) is 1.70. The maximum absolute atomic E-state index is 12.2. The predicted molar refractivity (Wildman–Crippen MR) is 104 cm³/mol. The summed E-state index contributed by atoms with van der Waals surface area (Å²) in [5, 5.41) is 27.3. The summed E-state index contributed by atoms with van der Waals surface area (Å²) >= 11 is 2.86. The molecule has 0 bridgehead atoms. The number of thiophene rings is 1. The number of carbonyl (C=O) groups excluding carboxylic acids is 1. The van der Waals surface area contributed by atoms with Crippen LogP contribution < -0.4 is 0 Å². The SMILES string of the molecule is C[C@@H]1CCc2sc(-c3nnc(SCC(=O)c4ccc(O)c(O)c4)o3)cc2C1. The highest BCUT2D eigenvalue weighted by molar-refractivity contribution is 7.99. The average molecular weight is 402 g/mol. The Morgan fingerprint density at radius 2 is 2.15 bits per heavy atom. The van der Waals surface area contributed by atoms with E-state index in [0.717, 1.165) is 29.5 Å². The van der Waals surface area contributed by atoms with Crippen LogP contribution in [-0.4, -0.2) is 31.9 Å². The number of hydrogen-bond donors (Lipinski definition) is 2. The van der Waals surface area contributed by atoms with E-state index >= 15 is 0 Å². The second-order valence-corrected chi connectivity index (χ2v) is 8.76. The van der Waals surface area contributed by atoms with Crippen LogP contribution in [0, 0.1) is 5.92 Å². The summed E-state index contributed by atoms with van der Waals surface area (Å²) in [6, 6.07) is 6.14. The molecule has 0 fully saturated rings. The standard InChI is InChI=1S/C19H18N2O4S2/c1-10-2-5-16-12(6-10)8-17(27-16)18-20-21-19(25-18)26-9-15(24)11-3-4-13(22)14(23)7-11/h3-4,7-8,10,22-23H,2,5-6,9H2,1H3/t10-/m1/s1. The van der Waals surface area contributed by atoms with E-state index in [9.17, 15) is 15.0 Å². The molecule has 1 aliphatic rings. The van der Waals surface area contributed by atoms with Gasteiger partial charge in [-0.1, -0.05) is 18.7 Å². The van der Waals surface area contributed by atoms with E-state index in [1.165, 1.54) is 35.1 Å². The summed E-state index contributed by atoms with van der Waals surface area (Å²) in [4.78, 5) is 14.6. The maximum Gasteiger partial charge on any atom is 0.277 e. The van der Waals surface area contributed by atoms with Crippen molar-refractivity contribution in [3.63, 3.8) is 0 Å². The zero-order valence-electron chi connectivity index (χ0n) is 14.6. The Morgan fingerprint density at radius 1 is 1.30 bits per heavy atom. The Balaban J connectivity index is 1.42. The van der Waals surface area contributed by atoms with Gasteiger partial charge >= 0.3 is 0 Å². The van der Waals surface area contributed by atoms with Gasteiger partial charge in [-0.05, 0) is 55.0 Å². The quantitative estimate of drug-likeness (QED) is 0.373. The summed E-state index contributed by atoms with van der Waals surface area (Å²) in [6.07, 6.45) is 3.41. The normalized spacial score (nSPS) is 16.3. The monoisotopic (exact) mass is 402 g/mol. The van der Waals surface area contributed by atoms with Crippen molar-refractivity contribution in [3.8, 4) is 22.3 Å². The molecule has 0 unspecified atom stereocenters. The topological polar surface area (TPSA) is 96.5 Å². The van der Waals surface area contributed by atoms with E-state index in [2.05, 4.69) is 23.2 Å². The van der Waals surface area contributed by atoms with Crippen LogP contribution in [0.15, 0.2) is 33.9 Å². The van der Waals surface area contributed by atoms with Gasteiger partial charge in [0.2, 0.25) is 0 Å². The van der Waals surface area contributed by atoms with Gasteiger partial charge in [0.25, 0.3) is 11.1 Å². The molecular formula is C19H18N2O4S2. The van der Waals surface area contributed by atoms with Gasteiger partial charge in [-0.3, -0.25) is 4.79 Å². The van der Waals surface area contributed by atoms with E-state index in [-0.39, 0.29) is 23.0 Å². The number of phenols is 2. The Labute approximate surface area is 164 Å². The fourth-order valence-corrected chi connectivity index (χ4v) is 4.87. The summed E-state index contributed by atoms with van der Waals surface area (Å²) in [6.45, 7) is 2.27. The van der Waals surface area contributed by atoms with Gasteiger partial charge < -0.3 is 14.6 Å². The molecule has 8 heteroatoms. The molecule has 0 saturated heterocycles. The molecular weight excluding hydrogens is 384 g/mol. The molecule has 0 saturated carbocycles. The first-order chi connectivity index (χ1) is 13.0. The van der Waals surface area contributed by atoms with E-state index < -0.39 is 0 Å². The summed E-state index contributed by atoms with van der Waals surface area (Å²) < 4.78 is 5.71. The molecule has 0 radical (unpaired) electrons. The maximum atomic E-state index is 12.2. The lowest BCUT2D eigenvalue weighted by Crippen LogP contribution is -2.07. The highest BCUT2D eigenvalue weighted by atomic mass is 32.2. The van der Waals surface area contributed by atoms with E-state index in [0.29, 0.717) is 22.6 Å². The van der Waals surface area contributed by atoms with E-state index in [1.807, 2.05) is 0 Å². The third kappa shape index (κ3) is 3.86. The van der Waals surface area contributed by atoms with E-state index in [4.69, 9.17) is 4.42 Å². The van der Waals surface area contributed by atoms with Crippen molar-refractivity contribution in [1.82, 2.24) is 10.2 Å². The third-order valence-corrected chi connectivity index (χ3v) is 6.61. The molecule has 0 aliphatic heterocycles. The molecule has 1 aromatic carbocycles. The lowest BCUT2D eigenvalue weighted by atomic mass is 9.90. The number of aromatic hydroxyl groups is 2. The van der Waals surface area contributed by atoms with Crippen molar-refractivity contribution in [2.24, 2.45) is 5.92 Å². The molecule has 27 heavy (non-hydrogen) atoms. The smallest absolute Gasteiger partial charge is 0.277 e. The van der Waals surface area contributed by atoms with Crippen molar-refractivity contribution in [1.29, 1.82) is 0 Å². The lowest BCUT2D eigenvalue weighted by molar-refractivity contribution is 0.102. The number of phenolic OH excluding ortho intramolecular Hbond substituents is 2. The molecule has 2 aromatic heterocycles.